The number of halogens is 3. The van der Waals surface area contributed by atoms with E-state index in [0.29, 0.717) is 17.6 Å². The second-order valence-corrected chi connectivity index (χ2v) is 6.04. The molecule has 0 amide bonds. The molecule has 1 aromatic carbocycles. The Morgan fingerprint density at radius 3 is 2.85 bits per heavy atom. The number of ether oxygens (including phenoxy) is 1. The number of benzene rings is 1. The van der Waals surface area contributed by atoms with Gasteiger partial charge in [-0.15, -0.1) is 0 Å². The average Bonchev–Trinajstić information content (AvgIpc) is 3.08. The van der Waals surface area contributed by atoms with Crippen LogP contribution in [0.3, 0.4) is 0 Å². The molecule has 1 N–H and O–H groups in total. The number of nitrogens with one attached hydrogen (secondary N) is 1. The summed E-state index contributed by atoms with van der Waals surface area (Å²) in [4.78, 5) is 21.1. The molecule has 0 bridgehead atoms. The van der Waals surface area contributed by atoms with Crippen LogP contribution in [-0.2, 0) is 11.9 Å². The minimum Gasteiger partial charge on any atom is -0.497 e. The lowest BCUT2D eigenvalue weighted by Gasteiger charge is -2.06. The predicted octanol–water partition coefficient (Wildman–Crippen LogP) is 3.74. The molecule has 0 spiro atoms. The van der Waals surface area contributed by atoms with Crippen molar-refractivity contribution in [1.82, 2.24) is 15.0 Å². The zero-order chi connectivity index (χ0) is 18.7. The van der Waals surface area contributed by atoms with Crippen molar-refractivity contribution in [2.24, 2.45) is 0 Å². The maximum Gasteiger partial charge on any atom is 0.433 e. The van der Waals surface area contributed by atoms with Gasteiger partial charge in [0.15, 0.2) is 16.6 Å². The fourth-order valence-corrected chi connectivity index (χ4v) is 2.80. The minimum absolute atomic E-state index is 0.105. The van der Waals surface area contributed by atoms with Crippen LogP contribution < -0.4 is 10.3 Å². The van der Waals surface area contributed by atoms with E-state index in [2.05, 4.69) is 15.0 Å². The molecule has 0 aliphatic carbocycles. The Hall–Kier alpha value is -2.75. The fourth-order valence-electron chi connectivity index (χ4n) is 2.07. The van der Waals surface area contributed by atoms with Crippen LogP contribution in [-0.4, -0.2) is 22.1 Å². The van der Waals surface area contributed by atoms with Crippen molar-refractivity contribution in [2.75, 3.05) is 7.11 Å². The quantitative estimate of drug-likeness (QED) is 0.534. The van der Waals surface area contributed by atoms with Crippen LogP contribution in [0.5, 0.6) is 5.75 Å². The van der Waals surface area contributed by atoms with Crippen LogP contribution in [0.15, 0.2) is 50.9 Å². The number of nitrogens with zero attached hydrogens (tertiary/aromatic N) is 2. The zero-order valence-electron chi connectivity index (χ0n) is 13.3. The van der Waals surface area contributed by atoms with Crippen molar-refractivity contribution in [1.29, 1.82) is 0 Å². The van der Waals surface area contributed by atoms with E-state index in [0.717, 1.165) is 17.3 Å². The first-order chi connectivity index (χ1) is 12.3. The van der Waals surface area contributed by atoms with Gasteiger partial charge < -0.3 is 14.1 Å². The molecule has 26 heavy (non-hydrogen) atoms. The van der Waals surface area contributed by atoms with Gasteiger partial charge in [0.05, 0.1) is 19.1 Å². The molecular weight excluding hydrogens is 371 g/mol. The Balaban J connectivity index is 1.74. The summed E-state index contributed by atoms with van der Waals surface area (Å²) in [6, 6.07) is 7.57. The van der Waals surface area contributed by atoms with Crippen molar-refractivity contribution < 1.29 is 22.3 Å². The van der Waals surface area contributed by atoms with Gasteiger partial charge in [-0.05, 0) is 12.1 Å². The van der Waals surface area contributed by atoms with E-state index in [1.54, 1.807) is 25.3 Å². The molecule has 0 radical (unpaired) electrons. The van der Waals surface area contributed by atoms with Gasteiger partial charge in [0.2, 0.25) is 5.89 Å². The van der Waals surface area contributed by atoms with E-state index in [1.807, 2.05) is 6.07 Å². The molecule has 2 heterocycles. The van der Waals surface area contributed by atoms with Gasteiger partial charge in [-0.2, -0.15) is 13.2 Å². The van der Waals surface area contributed by atoms with E-state index in [4.69, 9.17) is 9.15 Å². The second-order valence-electron chi connectivity index (χ2n) is 5.07. The molecule has 0 saturated carbocycles. The molecule has 0 saturated heterocycles. The number of methoxy groups -OCH3 is 1. The van der Waals surface area contributed by atoms with Crippen molar-refractivity contribution in [3.63, 3.8) is 0 Å². The molecule has 6 nitrogen and oxygen atoms in total. The summed E-state index contributed by atoms with van der Waals surface area (Å²) in [6.45, 7) is 0. The highest BCUT2D eigenvalue weighted by Crippen LogP contribution is 2.29. The number of hydrogen-bond donors (Lipinski definition) is 1. The number of H-pyrrole nitrogens is 1. The van der Waals surface area contributed by atoms with E-state index < -0.39 is 17.4 Å². The fraction of sp³-hybridized carbons (Fsp3) is 0.188. The van der Waals surface area contributed by atoms with Gasteiger partial charge in [0.1, 0.15) is 5.75 Å². The van der Waals surface area contributed by atoms with Gasteiger partial charge in [0, 0.05) is 11.6 Å². The molecule has 0 aliphatic heterocycles. The Kier molecular flexibility index (Phi) is 5.03. The molecule has 10 heteroatoms. The summed E-state index contributed by atoms with van der Waals surface area (Å²) >= 11 is 0.887. The van der Waals surface area contributed by atoms with Crippen LogP contribution in [0.2, 0.25) is 0 Å². The first-order valence-corrected chi connectivity index (χ1v) is 8.24. The summed E-state index contributed by atoms with van der Waals surface area (Å²) in [7, 11) is 1.55. The van der Waals surface area contributed by atoms with Gasteiger partial charge in [-0.1, -0.05) is 23.9 Å². The lowest BCUT2D eigenvalue weighted by molar-refractivity contribution is -0.141. The maximum atomic E-state index is 12.7. The van der Waals surface area contributed by atoms with Crippen molar-refractivity contribution in [3.05, 3.63) is 58.5 Å². The van der Waals surface area contributed by atoms with Gasteiger partial charge in [-0.25, -0.2) is 9.97 Å². The molecular formula is C16H12F3N3O3S. The summed E-state index contributed by atoms with van der Waals surface area (Å²) < 4.78 is 48.8. The highest BCUT2D eigenvalue weighted by atomic mass is 32.2. The Morgan fingerprint density at radius 2 is 2.12 bits per heavy atom. The standard InChI is InChI=1S/C16H12F3N3O3S/c1-24-10-4-2-3-9(5-10)11-7-20-14(25-11)8-26-15-21-12(16(17,18)19)6-13(23)22-15/h2-7H,8H2,1H3,(H,21,22,23). The molecule has 3 rings (SSSR count). The van der Waals surface area contributed by atoms with Crippen molar-refractivity contribution in [3.8, 4) is 17.1 Å². The minimum atomic E-state index is -4.69. The topological polar surface area (TPSA) is 81.0 Å². The Morgan fingerprint density at radius 1 is 1.31 bits per heavy atom. The summed E-state index contributed by atoms with van der Waals surface area (Å²) in [6.07, 6.45) is -3.18. The third kappa shape index (κ3) is 4.26. The molecule has 3 aromatic rings. The third-order valence-corrected chi connectivity index (χ3v) is 4.11. The third-order valence-electron chi connectivity index (χ3n) is 3.25. The summed E-state index contributed by atoms with van der Waals surface area (Å²) in [5.41, 5.74) is -1.37. The number of rotatable bonds is 5. The van der Waals surface area contributed by atoms with Crippen LogP contribution in [0, 0.1) is 0 Å². The molecule has 2 aromatic heterocycles. The molecule has 0 fully saturated rings. The van der Waals surface area contributed by atoms with E-state index in [9.17, 15) is 18.0 Å². The van der Waals surface area contributed by atoms with Gasteiger partial charge in [-0.3, -0.25) is 4.79 Å². The highest BCUT2D eigenvalue weighted by Gasteiger charge is 2.33. The lowest BCUT2D eigenvalue weighted by Crippen LogP contribution is -2.16. The molecule has 0 atom stereocenters. The van der Waals surface area contributed by atoms with Crippen LogP contribution in [0.4, 0.5) is 13.2 Å². The van der Waals surface area contributed by atoms with Gasteiger partial charge in [0.25, 0.3) is 5.56 Å². The first kappa shape index (κ1) is 18.1. The van der Waals surface area contributed by atoms with Gasteiger partial charge >= 0.3 is 6.18 Å². The molecule has 136 valence electrons. The maximum absolute atomic E-state index is 12.7. The zero-order valence-corrected chi connectivity index (χ0v) is 14.1. The summed E-state index contributed by atoms with van der Waals surface area (Å²) in [5.74, 6) is 1.53. The Labute approximate surface area is 149 Å². The van der Waals surface area contributed by atoms with E-state index >= 15 is 0 Å². The smallest absolute Gasteiger partial charge is 0.433 e. The SMILES string of the molecule is COc1cccc(-c2cnc(CSc3nc(C(F)(F)F)cc(=O)[nH]3)o2)c1. The van der Waals surface area contributed by atoms with Crippen LogP contribution in [0.25, 0.3) is 11.3 Å². The van der Waals surface area contributed by atoms with Crippen LogP contribution in [0.1, 0.15) is 11.6 Å². The number of thioether (sulfide) groups is 1. The first-order valence-electron chi connectivity index (χ1n) is 7.25. The van der Waals surface area contributed by atoms with E-state index in [-0.39, 0.29) is 16.8 Å². The number of aromatic nitrogens is 3. The number of alkyl halides is 3. The largest absolute Gasteiger partial charge is 0.497 e. The van der Waals surface area contributed by atoms with Crippen molar-refractivity contribution in [2.45, 2.75) is 17.1 Å². The Bertz CT molecular complexity index is 969. The number of aromatic amines is 1. The molecule has 0 aliphatic rings. The summed E-state index contributed by atoms with van der Waals surface area (Å²) in [5, 5.41) is -0.161. The number of oxazole rings is 1. The molecule has 0 unspecified atom stereocenters. The predicted molar refractivity (Wildman–Crippen MR) is 87.9 cm³/mol. The monoisotopic (exact) mass is 383 g/mol. The number of hydrogen-bond acceptors (Lipinski definition) is 6. The second kappa shape index (κ2) is 7.24. The normalized spacial score (nSPS) is 11.5. The average molecular weight is 383 g/mol. The van der Waals surface area contributed by atoms with Crippen LogP contribution >= 0.6 is 11.8 Å². The highest BCUT2D eigenvalue weighted by molar-refractivity contribution is 7.98. The lowest BCUT2D eigenvalue weighted by atomic mass is 10.2. The van der Waals surface area contributed by atoms with E-state index in [1.165, 1.54) is 6.20 Å². The van der Waals surface area contributed by atoms with Crippen molar-refractivity contribution >= 4 is 11.8 Å².